The van der Waals surface area contributed by atoms with E-state index >= 15 is 0 Å². The highest BCUT2D eigenvalue weighted by molar-refractivity contribution is 7.89. The predicted octanol–water partition coefficient (Wildman–Crippen LogP) is 1.09. The van der Waals surface area contributed by atoms with E-state index in [1.165, 1.54) is 22.6 Å². The molecule has 1 N–H and O–H groups in total. The summed E-state index contributed by atoms with van der Waals surface area (Å²) >= 11 is 0. The zero-order chi connectivity index (χ0) is 20.3. The van der Waals surface area contributed by atoms with E-state index in [4.69, 9.17) is 4.74 Å². The fraction of sp³-hybridized carbons (Fsp3) is 0.474. The standard InChI is InChI=1S/C19H25N3O5S/c1-21-13-16(19(24)20-8-5-11-27-2)18(23)15-12-14(6-7-17(15)21)28(25,26)22-9-3-4-10-22/h6-7,12-13H,3-5,8-11H2,1-2H3,(H,20,24). The van der Waals surface area contributed by atoms with Gasteiger partial charge in [0, 0.05) is 52.0 Å². The largest absolute Gasteiger partial charge is 0.385 e. The third-order valence-electron chi connectivity index (χ3n) is 4.92. The Balaban J connectivity index is 1.99. The predicted molar refractivity (Wildman–Crippen MR) is 106 cm³/mol. The molecule has 2 heterocycles. The second-order valence-corrected chi connectivity index (χ2v) is 8.81. The molecule has 1 aromatic carbocycles. The molecule has 1 fully saturated rings. The number of carbonyl (C=O) groups is 1. The highest BCUT2D eigenvalue weighted by Crippen LogP contribution is 2.23. The Bertz CT molecular complexity index is 1040. The minimum absolute atomic E-state index is 0.0110. The number of methoxy groups -OCH3 is 1. The van der Waals surface area contributed by atoms with E-state index in [1.807, 2.05) is 0 Å². The van der Waals surface area contributed by atoms with E-state index in [9.17, 15) is 18.0 Å². The first-order chi connectivity index (χ1) is 13.4. The van der Waals surface area contributed by atoms with E-state index in [-0.39, 0.29) is 15.8 Å². The topological polar surface area (TPSA) is 97.7 Å². The van der Waals surface area contributed by atoms with E-state index in [0.29, 0.717) is 38.2 Å². The number of rotatable bonds is 7. The van der Waals surface area contributed by atoms with Crippen molar-refractivity contribution in [3.8, 4) is 0 Å². The first-order valence-electron chi connectivity index (χ1n) is 9.27. The molecule has 0 bridgehead atoms. The molecule has 0 saturated carbocycles. The lowest BCUT2D eigenvalue weighted by Gasteiger charge is -2.16. The summed E-state index contributed by atoms with van der Waals surface area (Å²) in [6, 6.07) is 4.51. The van der Waals surface area contributed by atoms with Crippen LogP contribution in [0.1, 0.15) is 29.6 Å². The lowest BCUT2D eigenvalue weighted by atomic mass is 10.1. The Morgan fingerprint density at radius 3 is 2.64 bits per heavy atom. The highest BCUT2D eigenvalue weighted by Gasteiger charge is 2.28. The van der Waals surface area contributed by atoms with Crippen molar-refractivity contribution in [1.82, 2.24) is 14.2 Å². The Morgan fingerprint density at radius 2 is 1.96 bits per heavy atom. The van der Waals surface area contributed by atoms with Crippen LogP contribution in [0.5, 0.6) is 0 Å². The number of sulfonamides is 1. The van der Waals surface area contributed by atoms with Crippen molar-refractivity contribution in [3.63, 3.8) is 0 Å². The molecule has 2 aromatic rings. The summed E-state index contributed by atoms with van der Waals surface area (Å²) in [4.78, 5) is 25.4. The number of hydrogen-bond donors (Lipinski definition) is 1. The van der Waals surface area contributed by atoms with Crippen LogP contribution in [0.3, 0.4) is 0 Å². The van der Waals surface area contributed by atoms with Gasteiger partial charge in [0.1, 0.15) is 5.56 Å². The Kier molecular flexibility index (Phi) is 6.17. The number of hydrogen-bond acceptors (Lipinski definition) is 5. The van der Waals surface area contributed by atoms with Crippen LogP contribution in [0.25, 0.3) is 10.9 Å². The van der Waals surface area contributed by atoms with Gasteiger partial charge in [0.25, 0.3) is 5.91 Å². The molecule has 0 spiro atoms. The fourth-order valence-electron chi connectivity index (χ4n) is 3.38. The smallest absolute Gasteiger partial charge is 0.256 e. The van der Waals surface area contributed by atoms with Crippen molar-refractivity contribution in [1.29, 1.82) is 0 Å². The van der Waals surface area contributed by atoms with Gasteiger partial charge in [-0.25, -0.2) is 8.42 Å². The van der Waals surface area contributed by atoms with Gasteiger partial charge in [0.2, 0.25) is 15.5 Å². The molecule has 28 heavy (non-hydrogen) atoms. The van der Waals surface area contributed by atoms with Crippen molar-refractivity contribution in [2.75, 3.05) is 33.4 Å². The molecule has 1 aliphatic rings. The molecular weight excluding hydrogens is 382 g/mol. The molecule has 0 atom stereocenters. The van der Waals surface area contributed by atoms with Crippen molar-refractivity contribution >= 4 is 26.8 Å². The van der Waals surface area contributed by atoms with Crippen LogP contribution in [-0.2, 0) is 21.8 Å². The van der Waals surface area contributed by atoms with E-state index in [2.05, 4.69) is 5.32 Å². The number of aryl methyl sites for hydroxylation is 1. The van der Waals surface area contributed by atoms with Crippen LogP contribution in [0.4, 0.5) is 0 Å². The summed E-state index contributed by atoms with van der Waals surface area (Å²) in [5.41, 5.74) is 0.0836. The number of pyridine rings is 1. The van der Waals surface area contributed by atoms with Crippen LogP contribution in [0, 0.1) is 0 Å². The van der Waals surface area contributed by atoms with Crippen molar-refractivity contribution < 1.29 is 17.9 Å². The van der Waals surface area contributed by atoms with Gasteiger partial charge in [-0.2, -0.15) is 4.31 Å². The van der Waals surface area contributed by atoms with Crippen LogP contribution in [-0.4, -0.2) is 56.5 Å². The van der Waals surface area contributed by atoms with Gasteiger partial charge in [-0.3, -0.25) is 9.59 Å². The molecule has 1 amide bonds. The lowest BCUT2D eigenvalue weighted by molar-refractivity contribution is 0.0947. The van der Waals surface area contributed by atoms with Gasteiger partial charge in [0.15, 0.2) is 0 Å². The zero-order valence-electron chi connectivity index (χ0n) is 16.1. The summed E-state index contributed by atoms with van der Waals surface area (Å²) < 4.78 is 33.7. The number of ether oxygens (including phenoxy) is 1. The van der Waals surface area contributed by atoms with Crippen LogP contribution in [0.2, 0.25) is 0 Å². The van der Waals surface area contributed by atoms with Gasteiger partial charge in [0.05, 0.1) is 10.4 Å². The quantitative estimate of drug-likeness (QED) is 0.693. The third-order valence-corrected chi connectivity index (χ3v) is 6.81. The lowest BCUT2D eigenvalue weighted by Crippen LogP contribution is -2.31. The van der Waals surface area contributed by atoms with Gasteiger partial charge in [-0.1, -0.05) is 0 Å². The summed E-state index contributed by atoms with van der Waals surface area (Å²) in [6.07, 6.45) is 3.78. The van der Waals surface area contributed by atoms with Crippen molar-refractivity contribution in [2.45, 2.75) is 24.2 Å². The molecule has 0 aliphatic carbocycles. The highest BCUT2D eigenvalue weighted by atomic mass is 32.2. The summed E-state index contributed by atoms with van der Waals surface area (Å²) in [6.45, 7) is 1.87. The second kappa shape index (κ2) is 8.42. The van der Waals surface area contributed by atoms with Crippen molar-refractivity contribution in [2.24, 2.45) is 7.05 Å². The molecule has 1 saturated heterocycles. The second-order valence-electron chi connectivity index (χ2n) is 6.88. The van der Waals surface area contributed by atoms with Crippen LogP contribution in [0.15, 0.2) is 34.1 Å². The number of aromatic nitrogens is 1. The monoisotopic (exact) mass is 407 g/mol. The molecule has 152 valence electrons. The van der Waals surface area contributed by atoms with Crippen LogP contribution < -0.4 is 10.7 Å². The summed E-state index contributed by atoms with van der Waals surface area (Å²) in [5, 5.41) is 2.91. The normalized spacial score (nSPS) is 15.2. The maximum Gasteiger partial charge on any atom is 0.256 e. The molecule has 0 unspecified atom stereocenters. The number of nitrogens with one attached hydrogen (secondary N) is 1. The van der Waals surface area contributed by atoms with E-state index < -0.39 is 21.4 Å². The minimum Gasteiger partial charge on any atom is -0.385 e. The summed E-state index contributed by atoms with van der Waals surface area (Å²) in [5.74, 6) is -0.480. The average Bonchev–Trinajstić information content (AvgIpc) is 3.23. The van der Waals surface area contributed by atoms with Gasteiger partial charge < -0.3 is 14.6 Å². The number of benzene rings is 1. The first-order valence-corrected chi connectivity index (χ1v) is 10.7. The SMILES string of the molecule is COCCCNC(=O)c1cn(C)c2ccc(S(=O)(=O)N3CCCC3)cc2c1=O. The molecule has 1 aromatic heterocycles. The number of carbonyl (C=O) groups excluding carboxylic acids is 1. The van der Waals surface area contributed by atoms with Gasteiger partial charge >= 0.3 is 0 Å². The number of nitrogens with zero attached hydrogens (tertiary/aromatic N) is 2. The first kappa shape index (κ1) is 20.5. The van der Waals surface area contributed by atoms with Crippen molar-refractivity contribution in [3.05, 3.63) is 40.2 Å². The van der Waals surface area contributed by atoms with Gasteiger partial charge in [-0.15, -0.1) is 0 Å². The number of fused-ring (bicyclic) bond motifs is 1. The number of amides is 1. The Morgan fingerprint density at radius 1 is 1.25 bits per heavy atom. The maximum absolute atomic E-state index is 12.9. The summed E-state index contributed by atoms with van der Waals surface area (Å²) in [7, 11) is -0.344. The van der Waals surface area contributed by atoms with Gasteiger partial charge in [-0.05, 0) is 37.5 Å². The van der Waals surface area contributed by atoms with E-state index in [1.54, 1.807) is 24.8 Å². The average molecular weight is 407 g/mol. The molecule has 0 radical (unpaired) electrons. The molecule has 9 heteroatoms. The maximum atomic E-state index is 12.9. The molecule has 1 aliphatic heterocycles. The van der Waals surface area contributed by atoms with E-state index in [0.717, 1.165) is 12.8 Å². The minimum atomic E-state index is -3.64. The Labute approximate surface area is 164 Å². The zero-order valence-corrected chi connectivity index (χ0v) is 16.9. The third kappa shape index (κ3) is 3.96. The van der Waals surface area contributed by atoms with Crippen LogP contribution >= 0.6 is 0 Å². The fourth-order valence-corrected chi connectivity index (χ4v) is 4.93. The molecule has 8 nitrogen and oxygen atoms in total. The molecule has 3 rings (SSSR count). The Hall–Kier alpha value is -2.23. The molecular formula is C19H25N3O5S.